The number of phenols is 1. The summed E-state index contributed by atoms with van der Waals surface area (Å²) < 4.78 is 0.658. The van der Waals surface area contributed by atoms with E-state index in [1.165, 1.54) is 12.2 Å². The van der Waals surface area contributed by atoms with Crippen LogP contribution in [0.5, 0.6) is 5.75 Å². The number of phenolic OH excluding ortho intramolecular Hbond substituents is 1. The van der Waals surface area contributed by atoms with E-state index in [1.54, 1.807) is 13.1 Å². The van der Waals surface area contributed by atoms with Crippen LogP contribution in [-0.2, 0) is 20.8 Å². The van der Waals surface area contributed by atoms with Gasteiger partial charge in [0.05, 0.1) is 18.1 Å². The molecule has 0 saturated carbocycles. The maximum absolute atomic E-state index is 13.0. The number of nitrogens with zero attached hydrogens (tertiary/aromatic N) is 4. The highest BCUT2D eigenvalue weighted by molar-refractivity contribution is 9.10. The van der Waals surface area contributed by atoms with Crippen molar-refractivity contribution in [2.45, 2.75) is 32.2 Å². The Bertz CT molecular complexity index is 792. The van der Waals surface area contributed by atoms with Crippen molar-refractivity contribution < 1.29 is 19.5 Å². The van der Waals surface area contributed by atoms with Crippen molar-refractivity contribution in [1.29, 1.82) is 0 Å². The first-order valence-electron chi connectivity index (χ1n) is 11.3. The van der Waals surface area contributed by atoms with Crippen LogP contribution in [0.3, 0.4) is 0 Å². The molecule has 0 radical (unpaired) electrons. The van der Waals surface area contributed by atoms with Gasteiger partial charge in [-0.3, -0.25) is 24.2 Å². The first-order valence-corrected chi connectivity index (χ1v) is 12.1. The fourth-order valence-corrected chi connectivity index (χ4v) is 4.99. The van der Waals surface area contributed by atoms with E-state index in [2.05, 4.69) is 25.7 Å². The van der Waals surface area contributed by atoms with E-state index in [9.17, 15) is 14.7 Å². The molecule has 1 N–H and O–H groups in total. The predicted octanol–water partition coefficient (Wildman–Crippen LogP) is 1.96. The lowest BCUT2D eigenvalue weighted by molar-refractivity contribution is -0.170. The molecule has 1 aromatic carbocycles. The Hall–Kier alpha value is -1.68. The smallest absolute Gasteiger partial charge is 0.259 e. The number of carbonyl (C=O) groups is 2. The highest BCUT2D eigenvalue weighted by Crippen LogP contribution is 2.26. The van der Waals surface area contributed by atoms with Crippen LogP contribution in [0.4, 0.5) is 0 Å². The van der Waals surface area contributed by atoms with E-state index in [0.717, 1.165) is 57.7 Å². The van der Waals surface area contributed by atoms with Gasteiger partial charge in [0.1, 0.15) is 5.75 Å². The molecule has 178 valence electrons. The van der Waals surface area contributed by atoms with Crippen LogP contribution >= 0.6 is 15.9 Å². The minimum atomic E-state index is -0.0886. The highest BCUT2D eigenvalue weighted by Gasteiger charge is 2.31. The van der Waals surface area contributed by atoms with Crippen molar-refractivity contribution in [3.63, 3.8) is 0 Å². The van der Waals surface area contributed by atoms with Crippen LogP contribution in [0.1, 0.15) is 25.3 Å². The van der Waals surface area contributed by atoms with Crippen LogP contribution in [0.15, 0.2) is 22.7 Å². The quantitative estimate of drug-likeness (QED) is 0.565. The number of benzene rings is 1. The molecular weight excluding hydrogens is 476 g/mol. The molecule has 2 aliphatic heterocycles. The maximum atomic E-state index is 13.0. The summed E-state index contributed by atoms with van der Waals surface area (Å²) in [6, 6.07) is 5.91. The number of likely N-dealkylation sites (N-methyl/N-ethyl adjacent to an activating group) is 1. The average Bonchev–Trinajstić information content (AvgIpc) is 2.81. The number of hydrogen-bond donors (Lipinski definition) is 1. The standard InChI is InChI=1S/C23H35BrN4O4/c1-17(14-18-4-5-21(29)20(24)15-18)23(31)28-8-6-19(7-9-28)27-12-10-26(11-13-27)16-22(30)25(2)32-3/h4-5,15,17,19,29H,6-14,16H2,1-3H3/t17-/m1/s1. The first-order chi connectivity index (χ1) is 15.3. The summed E-state index contributed by atoms with van der Waals surface area (Å²) in [7, 11) is 3.14. The summed E-state index contributed by atoms with van der Waals surface area (Å²) in [6.45, 7) is 7.62. The summed E-state index contributed by atoms with van der Waals surface area (Å²) in [4.78, 5) is 36.6. The number of carbonyl (C=O) groups excluding carboxylic acids is 2. The average molecular weight is 511 g/mol. The summed E-state index contributed by atoms with van der Waals surface area (Å²) in [5, 5.41) is 10.9. The molecule has 2 amide bonds. The third-order valence-corrected chi connectivity index (χ3v) is 7.29. The molecule has 0 unspecified atom stereocenters. The molecule has 0 aliphatic carbocycles. The van der Waals surface area contributed by atoms with Crippen molar-refractivity contribution in [2.75, 3.05) is 60.0 Å². The number of aromatic hydroxyl groups is 1. The number of piperidine rings is 1. The molecule has 2 heterocycles. The Morgan fingerprint density at radius 1 is 1.19 bits per heavy atom. The molecule has 32 heavy (non-hydrogen) atoms. The molecule has 3 rings (SSSR count). The van der Waals surface area contributed by atoms with Crippen LogP contribution in [0.25, 0.3) is 0 Å². The van der Waals surface area contributed by atoms with Crippen molar-refractivity contribution in [2.24, 2.45) is 5.92 Å². The van der Waals surface area contributed by atoms with Gasteiger partial charge in [-0.2, -0.15) is 0 Å². The number of halogens is 1. The number of piperazine rings is 1. The predicted molar refractivity (Wildman–Crippen MR) is 126 cm³/mol. The lowest BCUT2D eigenvalue weighted by atomic mass is 9.97. The zero-order chi connectivity index (χ0) is 23.3. The first kappa shape index (κ1) is 25.0. The molecule has 8 nitrogen and oxygen atoms in total. The van der Waals surface area contributed by atoms with Crippen molar-refractivity contribution in [1.82, 2.24) is 19.8 Å². The molecular formula is C23H35BrN4O4. The fourth-order valence-electron chi connectivity index (χ4n) is 4.56. The summed E-state index contributed by atoms with van der Waals surface area (Å²) >= 11 is 3.34. The Labute approximate surface area is 199 Å². The van der Waals surface area contributed by atoms with Gasteiger partial charge in [0.15, 0.2) is 0 Å². The zero-order valence-electron chi connectivity index (χ0n) is 19.3. The molecule has 0 aromatic heterocycles. The van der Waals surface area contributed by atoms with Crippen LogP contribution < -0.4 is 0 Å². The Morgan fingerprint density at radius 3 is 2.44 bits per heavy atom. The van der Waals surface area contributed by atoms with Gasteiger partial charge in [-0.15, -0.1) is 0 Å². The van der Waals surface area contributed by atoms with Gasteiger partial charge in [-0.05, 0) is 52.9 Å². The zero-order valence-corrected chi connectivity index (χ0v) is 20.9. The van der Waals surface area contributed by atoms with E-state index >= 15 is 0 Å². The normalized spacial score (nSPS) is 19.7. The number of rotatable bonds is 7. The highest BCUT2D eigenvalue weighted by atomic mass is 79.9. The maximum Gasteiger partial charge on any atom is 0.259 e. The molecule has 2 aliphatic rings. The van der Waals surface area contributed by atoms with E-state index in [0.29, 0.717) is 23.5 Å². The molecule has 9 heteroatoms. The largest absolute Gasteiger partial charge is 0.507 e. The Kier molecular flexibility index (Phi) is 8.93. The van der Waals surface area contributed by atoms with E-state index in [-0.39, 0.29) is 23.5 Å². The molecule has 0 bridgehead atoms. The van der Waals surface area contributed by atoms with Gasteiger partial charge >= 0.3 is 0 Å². The second-order valence-electron chi connectivity index (χ2n) is 8.83. The third-order valence-electron chi connectivity index (χ3n) is 6.66. The number of hydroxylamine groups is 2. The molecule has 2 saturated heterocycles. The Balaban J connectivity index is 1.41. The monoisotopic (exact) mass is 510 g/mol. The lowest BCUT2D eigenvalue weighted by Crippen LogP contribution is -2.55. The SMILES string of the molecule is CON(C)C(=O)CN1CCN(C2CCN(C(=O)[C@H](C)Cc3ccc(O)c(Br)c3)CC2)CC1. The van der Waals surface area contributed by atoms with Gasteiger partial charge in [0, 0.05) is 58.3 Å². The fraction of sp³-hybridized carbons (Fsp3) is 0.652. The second kappa shape index (κ2) is 11.4. The van der Waals surface area contributed by atoms with Gasteiger partial charge in [0.2, 0.25) is 5.91 Å². The summed E-state index contributed by atoms with van der Waals surface area (Å²) in [5.74, 6) is 0.304. The minimum Gasteiger partial charge on any atom is -0.507 e. The van der Waals surface area contributed by atoms with Crippen LogP contribution in [0, 0.1) is 5.92 Å². The van der Waals surface area contributed by atoms with Gasteiger partial charge in [0.25, 0.3) is 5.91 Å². The lowest BCUT2D eigenvalue weighted by Gasteiger charge is -2.43. The summed E-state index contributed by atoms with van der Waals surface area (Å²) in [5.41, 5.74) is 1.04. The number of hydrogen-bond acceptors (Lipinski definition) is 6. The topological polar surface area (TPSA) is 76.6 Å². The van der Waals surface area contributed by atoms with Gasteiger partial charge < -0.3 is 10.0 Å². The molecule has 1 atom stereocenters. The van der Waals surface area contributed by atoms with Gasteiger partial charge in [-0.1, -0.05) is 13.0 Å². The molecule has 2 fully saturated rings. The molecule has 1 aromatic rings. The third kappa shape index (κ3) is 6.43. The Morgan fingerprint density at radius 2 is 1.84 bits per heavy atom. The van der Waals surface area contributed by atoms with E-state index in [4.69, 9.17) is 4.84 Å². The second-order valence-corrected chi connectivity index (χ2v) is 9.69. The van der Waals surface area contributed by atoms with Crippen LogP contribution in [-0.4, -0.2) is 103 Å². The van der Waals surface area contributed by atoms with Crippen molar-refractivity contribution in [3.8, 4) is 5.75 Å². The van der Waals surface area contributed by atoms with Crippen LogP contribution in [0.2, 0.25) is 0 Å². The van der Waals surface area contributed by atoms with Crippen molar-refractivity contribution in [3.05, 3.63) is 28.2 Å². The van der Waals surface area contributed by atoms with Gasteiger partial charge in [-0.25, -0.2) is 5.06 Å². The van der Waals surface area contributed by atoms with E-state index < -0.39 is 0 Å². The summed E-state index contributed by atoms with van der Waals surface area (Å²) in [6.07, 6.45) is 2.65. The van der Waals surface area contributed by atoms with E-state index in [1.807, 2.05) is 24.0 Å². The number of amides is 2. The van der Waals surface area contributed by atoms with Crippen molar-refractivity contribution >= 4 is 27.7 Å². The number of likely N-dealkylation sites (tertiary alicyclic amines) is 1. The minimum absolute atomic E-state index is 0.0263. The molecule has 0 spiro atoms.